The molecule has 1 aromatic heterocycles. The van der Waals surface area contributed by atoms with Crippen LogP contribution in [0.3, 0.4) is 0 Å². The Bertz CT molecular complexity index is 859. The Morgan fingerprint density at radius 1 is 1.18 bits per heavy atom. The third-order valence-electron chi connectivity index (χ3n) is 3.38. The third kappa shape index (κ3) is 5.27. The average Bonchev–Trinajstić information content (AvgIpc) is 2.93. The lowest BCUT2D eigenvalue weighted by atomic mass is 10.2. The van der Waals surface area contributed by atoms with Crippen molar-refractivity contribution in [1.82, 2.24) is 5.43 Å². The molecule has 1 atom stereocenters. The number of nitrogens with one attached hydrogen (secondary N) is 1. The van der Waals surface area contributed by atoms with Gasteiger partial charge in [0.15, 0.2) is 0 Å². The van der Waals surface area contributed by atoms with E-state index in [1.54, 1.807) is 13.8 Å². The first-order valence-corrected chi connectivity index (χ1v) is 7.68. The number of benzene rings is 1. The molecule has 0 saturated carbocycles. The SMILES string of the molecule is Cc1cc(C(=O)N/N=C\c2ccc(OC(F)(F)[C@H](F)C(F)(F)F)cc2)c(C)o1. The average molecular weight is 408 g/mol. The predicted molar refractivity (Wildman–Crippen MR) is 86.2 cm³/mol. The molecule has 28 heavy (non-hydrogen) atoms. The minimum Gasteiger partial charge on any atom is -0.466 e. The van der Waals surface area contributed by atoms with Gasteiger partial charge in [-0.25, -0.2) is 9.82 Å². The summed E-state index contributed by atoms with van der Waals surface area (Å²) in [6, 6.07) is 5.68. The molecular formula is C17H14F6N2O3. The fourth-order valence-corrected chi connectivity index (χ4v) is 2.10. The number of ether oxygens (including phenoxy) is 1. The number of hydrogen-bond acceptors (Lipinski definition) is 4. The molecule has 152 valence electrons. The number of hydrazone groups is 1. The second-order valence-corrected chi connectivity index (χ2v) is 5.66. The van der Waals surface area contributed by atoms with Crippen LogP contribution in [0.15, 0.2) is 39.9 Å². The van der Waals surface area contributed by atoms with E-state index in [4.69, 9.17) is 4.42 Å². The van der Waals surface area contributed by atoms with Gasteiger partial charge >= 0.3 is 12.3 Å². The van der Waals surface area contributed by atoms with Crippen LogP contribution in [0, 0.1) is 13.8 Å². The molecule has 5 nitrogen and oxygen atoms in total. The smallest absolute Gasteiger partial charge is 0.439 e. The Morgan fingerprint density at radius 2 is 1.79 bits per heavy atom. The van der Waals surface area contributed by atoms with Gasteiger partial charge in [0, 0.05) is 0 Å². The lowest BCUT2D eigenvalue weighted by molar-refractivity contribution is -0.304. The quantitative estimate of drug-likeness (QED) is 0.434. The van der Waals surface area contributed by atoms with E-state index in [9.17, 15) is 31.1 Å². The van der Waals surface area contributed by atoms with Crippen LogP contribution in [0.2, 0.25) is 0 Å². The Hall–Kier alpha value is -2.98. The zero-order valence-corrected chi connectivity index (χ0v) is 14.5. The summed E-state index contributed by atoms with van der Waals surface area (Å²) in [4.78, 5) is 11.9. The summed E-state index contributed by atoms with van der Waals surface area (Å²) in [6.45, 7) is 3.26. The van der Waals surface area contributed by atoms with Crippen LogP contribution >= 0.6 is 0 Å². The van der Waals surface area contributed by atoms with Crippen LogP contribution in [0.5, 0.6) is 5.75 Å². The van der Waals surface area contributed by atoms with E-state index in [0.29, 0.717) is 17.1 Å². The van der Waals surface area contributed by atoms with Crippen molar-refractivity contribution in [3.8, 4) is 5.75 Å². The molecule has 2 rings (SSSR count). The number of carbonyl (C=O) groups is 1. The molecule has 0 bridgehead atoms. The number of alkyl halides is 6. The number of carbonyl (C=O) groups excluding carboxylic acids is 1. The van der Waals surface area contributed by atoms with Gasteiger partial charge in [-0.05, 0) is 49.7 Å². The maximum absolute atomic E-state index is 13.2. The zero-order valence-electron chi connectivity index (χ0n) is 14.5. The molecule has 0 aliphatic heterocycles. The number of halogens is 6. The van der Waals surface area contributed by atoms with E-state index in [2.05, 4.69) is 15.3 Å². The van der Waals surface area contributed by atoms with E-state index in [1.165, 1.54) is 18.2 Å². The van der Waals surface area contributed by atoms with Gasteiger partial charge in [0.2, 0.25) is 0 Å². The summed E-state index contributed by atoms with van der Waals surface area (Å²) in [6.07, 6.45) is -14.1. The van der Waals surface area contributed by atoms with Crippen LogP contribution in [0.4, 0.5) is 26.3 Å². The molecule has 1 heterocycles. The van der Waals surface area contributed by atoms with Crippen LogP contribution < -0.4 is 10.2 Å². The first-order chi connectivity index (χ1) is 12.9. The lowest BCUT2D eigenvalue weighted by Gasteiger charge is -2.23. The summed E-state index contributed by atoms with van der Waals surface area (Å²) in [5.41, 5.74) is 2.82. The Balaban J connectivity index is 1.98. The third-order valence-corrected chi connectivity index (χ3v) is 3.38. The molecule has 0 aliphatic rings. The van der Waals surface area contributed by atoms with Crippen LogP contribution in [-0.2, 0) is 0 Å². The Morgan fingerprint density at radius 3 is 2.29 bits per heavy atom. The number of nitrogens with zero attached hydrogens (tertiary/aromatic N) is 1. The summed E-state index contributed by atoms with van der Waals surface area (Å²) in [7, 11) is 0. The van der Waals surface area contributed by atoms with Crippen LogP contribution in [0.1, 0.15) is 27.4 Å². The molecule has 11 heteroatoms. The van der Waals surface area contributed by atoms with Crippen molar-refractivity contribution in [3.05, 3.63) is 53.0 Å². The predicted octanol–water partition coefficient (Wildman–Crippen LogP) is 4.53. The van der Waals surface area contributed by atoms with Gasteiger partial charge < -0.3 is 9.15 Å². The zero-order chi connectivity index (χ0) is 21.1. The highest BCUT2D eigenvalue weighted by Gasteiger charge is 2.59. The molecule has 2 aromatic rings. The fourth-order valence-electron chi connectivity index (χ4n) is 2.10. The second kappa shape index (κ2) is 7.95. The minimum atomic E-state index is -5.76. The molecule has 0 radical (unpaired) electrons. The second-order valence-electron chi connectivity index (χ2n) is 5.66. The highest BCUT2D eigenvalue weighted by atomic mass is 19.4. The van der Waals surface area contributed by atoms with Gasteiger partial charge in [-0.15, -0.1) is 0 Å². The Labute approximate surface area is 155 Å². The van der Waals surface area contributed by atoms with Crippen molar-refractivity contribution in [2.24, 2.45) is 5.10 Å². The number of rotatable bonds is 6. The summed E-state index contributed by atoms with van der Waals surface area (Å²) in [5.74, 6) is -0.272. The fraction of sp³-hybridized carbons (Fsp3) is 0.294. The van der Waals surface area contributed by atoms with E-state index in [0.717, 1.165) is 18.3 Å². The van der Waals surface area contributed by atoms with Gasteiger partial charge in [-0.1, -0.05) is 0 Å². The molecule has 0 unspecified atom stereocenters. The van der Waals surface area contributed by atoms with Crippen molar-refractivity contribution in [3.63, 3.8) is 0 Å². The number of amides is 1. The number of aryl methyl sites for hydroxylation is 2. The van der Waals surface area contributed by atoms with Crippen molar-refractivity contribution in [1.29, 1.82) is 0 Å². The van der Waals surface area contributed by atoms with Crippen molar-refractivity contribution in [2.45, 2.75) is 32.3 Å². The van der Waals surface area contributed by atoms with Crippen LogP contribution in [0.25, 0.3) is 0 Å². The first-order valence-electron chi connectivity index (χ1n) is 7.68. The first kappa shape index (κ1) is 21.3. The highest BCUT2D eigenvalue weighted by Crippen LogP contribution is 2.36. The maximum Gasteiger partial charge on any atom is 0.439 e. The number of hydrogen-bond donors (Lipinski definition) is 1. The van der Waals surface area contributed by atoms with E-state index < -0.39 is 30.1 Å². The van der Waals surface area contributed by atoms with Gasteiger partial charge in [-0.3, -0.25) is 4.79 Å². The van der Waals surface area contributed by atoms with Crippen molar-refractivity contribution in [2.75, 3.05) is 0 Å². The van der Waals surface area contributed by atoms with Crippen LogP contribution in [-0.4, -0.2) is 30.6 Å². The van der Waals surface area contributed by atoms with E-state index in [1.807, 2.05) is 0 Å². The lowest BCUT2D eigenvalue weighted by Crippen LogP contribution is -2.45. The standard InChI is InChI=1S/C17H14F6N2O3/c1-9-7-13(10(2)27-9)14(26)25-24-8-11-3-5-12(6-4-11)28-17(22,23)15(18)16(19,20)21/h3-8,15H,1-2H3,(H,25,26)/b24-8-/t15-/m1/s1. The van der Waals surface area contributed by atoms with Crippen molar-refractivity contribution >= 4 is 12.1 Å². The molecule has 1 N–H and O–H groups in total. The Kier molecular flexibility index (Phi) is 6.05. The van der Waals surface area contributed by atoms with E-state index in [-0.39, 0.29) is 5.56 Å². The molecule has 0 aliphatic carbocycles. The van der Waals surface area contributed by atoms with E-state index >= 15 is 0 Å². The molecule has 0 saturated heterocycles. The molecular weight excluding hydrogens is 394 g/mol. The molecule has 0 fully saturated rings. The largest absolute Gasteiger partial charge is 0.466 e. The van der Waals surface area contributed by atoms with Gasteiger partial charge in [0.1, 0.15) is 17.3 Å². The van der Waals surface area contributed by atoms with Gasteiger partial charge in [0.05, 0.1) is 11.8 Å². The van der Waals surface area contributed by atoms with Gasteiger partial charge in [0.25, 0.3) is 12.1 Å². The summed E-state index contributed by atoms with van der Waals surface area (Å²) in [5, 5.41) is 3.67. The molecule has 1 aromatic carbocycles. The normalized spacial score (nSPS) is 13.6. The minimum absolute atomic E-state index is 0.283. The highest BCUT2D eigenvalue weighted by molar-refractivity contribution is 5.95. The molecule has 1 amide bonds. The molecule has 0 spiro atoms. The van der Waals surface area contributed by atoms with Gasteiger partial charge in [-0.2, -0.15) is 27.1 Å². The monoisotopic (exact) mass is 408 g/mol. The summed E-state index contributed by atoms with van der Waals surface area (Å²) < 4.78 is 84.4. The van der Waals surface area contributed by atoms with Crippen molar-refractivity contribution < 1.29 is 40.3 Å². The summed E-state index contributed by atoms with van der Waals surface area (Å²) >= 11 is 0. The maximum atomic E-state index is 13.2. The topological polar surface area (TPSA) is 63.8 Å². The number of furan rings is 1.